The van der Waals surface area contributed by atoms with Gasteiger partial charge in [0.1, 0.15) is 23.2 Å². The van der Waals surface area contributed by atoms with Crippen molar-refractivity contribution in [3.05, 3.63) is 84.0 Å². The predicted octanol–water partition coefficient (Wildman–Crippen LogP) is 3.75. The minimum Gasteiger partial charge on any atom is -0.491 e. The van der Waals surface area contributed by atoms with Crippen LogP contribution in [-0.4, -0.2) is 89.9 Å². The summed E-state index contributed by atoms with van der Waals surface area (Å²) in [4.78, 5) is 22.0. The van der Waals surface area contributed by atoms with E-state index in [9.17, 15) is 17.6 Å². The van der Waals surface area contributed by atoms with Crippen LogP contribution in [0.25, 0.3) is 16.9 Å². The second kappa shape index (κ2) is 11.8. The number of morpholine rings is 1. The van der Waals surface area contributed by atoms with Crippen LogP contribution in [0.15, 0.2) is 72.6 Å². The van der Waals surface area contributed by atoms with Crippen LogP contribution in [0.5, 0.6) is 0 Å². The molecule has 2 aromatic heterocycles. The molecule has 5 heterocycles. The molecular weight excluding hydrogens is 599 g/mol. The number of sulfonamides is 1. The van der Waals surface area contributed by atoms with Gasteiger partial charge < -0.3 is 20.3 Å². The maximum absolute atomic E-state index is 13.2. The number of aromatic nitrogens is 3. The fourth-order valence-electron chi connectivity index (χ4n) is 5.93. The number of urea groups is 1. The first kappa shape index (κ1) is 29.2. The lowest BCUT2D eigenvalue weighted by Gasteiger charge is -2.33. The van der Waals surface area contributed by atoms with Gasteiger partial charge in [0.2, 0.25) is 10.0 Å². The maximum Gasteiger partial charge on any atom is 0.323 e. The van der Waals surface area contributed by atoms with Gasteiger partial charge in [0.25, 0.3) is 0 Å². The number of nitrogens with zero attached hydrogens (tertiary/aromatic N) is 6. The minimum absolute atomic E-state index is 0.0965. The quantitative estimate of drug-likeness (QED) is 0.316. The van der Waals surface area contributed by atoms with Crippen molar-refractivity contribution in [1.82, 2.24) is 23.8 Å². The van der Waals surface area contributed by atoms with Crippen LogP contribution < -0.4 is 15.5 Å². The highest BCUT2D eigenvalue weighted by Crippen LogP contribution is 2.32. The molecule has 12 nitrogen and oxygen atoms in total. The molecule has 0 spiro atoms. The molecule has 2 saturated heterocycles. The molecule has 2 bridgehead atoms. The summed E-state index contributed by atoms with van der Waals surface area (Å²) in [6.07, 6.45) is 6.39. The third-order valence-corrected chi connectivity index (χ3v) is 9.51. The van der Waals surface area contributed by atoms with E-state index in [1.807, 2.05) is 22.8 Å². The molecule has 0 radical (unpaired) electrons. The SMILES string of the molecule is CS(=O)(=O)N1CCN(Cc2cc3c(N4CC5=CCC(C4)O5)nc(-c4ccc(NC(=O)Nc5ccc(F)cc5)cc4)nn3c2)CC1. The van der Waals surface area contributed by atoms with Crippen LogP contribution in [0.1, 0.15) is 12.0 Å². The highest BCUT2D eigenvalue weighted by molar-refractivity contribution is 7.88. The number of carbonyl (C=O) groups is 1. The van der Waals surface area contributed by atoms with E-state index in [-0.39, 0.29) is 11.9 Å². The largest absolute Gasteiger partial charge is 0.491 e. The number of benzene rings is 2. The summed E-state index contributed by atoms with van der Waals surface area (Å²) in [6, 6.07) is 14.5. The highest BCUT2D eigenvalue weighted by Gasteiger charge is 2.31. The van der Waals surface area contributed by atoms with E-state index < -0.39 is 16.1 Å². The average Bonchev–Trinajstić information content (AvgIpc) is 3.58. The molecule has 4 aromatic rings. The Balaban J connectivity index is 1.12. The Kier molecular flexibility index (Phi) is 7.63. The van der Waals surface area contributed by atoms with Gasteiger partial charge in [0.05, 0.1) is 19.3 Å². The Morgan fingerprint density at radius 2 is 1.71 bits per heavy atom. The topological polar surface area (TPSA) is 124 Å². The molecule has 14 heteroatoms. The summed E-state index contributed by atoms with van der Waals surface area (Å²) in [5.74, 6) is 1.93. The van der Waals surface area contributed by atoms with E-state index in [2.05, 4.69) is 32.6 Å². The number of piperazine rings is 1. The van der Waals surface area contributed by atoms with Gasteiger partial charge in [0.15, 0.2) is 11.6 Å². The van der Waals surface area contributed by atoms with Gasteiger partial charge in [-0.3, -0.25) is 4.90 Å². The van der Waals surface area contributed by atoms with Crippen molar-refractivity contribution in [2.45, 2.75) is 19.1 Å². The Morgan fingerprint density at radius 1 is 1.02 bits per heavy atom. The number of anilines is 3. The van der Waals surface area contributed by atoms with E-state index in [1.165, 1.54) is 34.8 Å². The molecule has 234 valence electrons. The summed E-state index contributed by atoms with van der Waals surface area (Å²) >= 11 is 0. The molecule has 1 atom stereocenters. The van der Waals surface area contributed by atoms with Crippen LogP contribution in [-0.2, 0) is 21.3 Å². The van der Waals surface area contributed by atoms with Crippen molar-refractivity contribution >= 4 is 38.8 Å². The number of ether oxygens (including phenoxy) is 1. The third-order valence-electron chi connectivity index (χ3n) is 8.21. The van der Waals surface area contributed by atoms with Gasteiger partial charge in [-0.15, -0.1) is 5.10 Å². The van der Waals surface area contributed by atoms with E-state index in [0.29, 0.717) is 63.0 Å². The van der Waals surface area contributed by atoms with E-state index in [0.717, 1.165) is 34.6 Å². The van der Waals surface area contributed by atoms with Gasteiger partial charge in [-0.25, -0.2) is 27.1 Å². The molecule has 1 unspecified atom stereocenters. The van der Waals surface area contributed by atoms with Crippen molar-refractivity contribution in [2.24, 2.45) is 0 Å². The first-order valence-corrected chi connectivity index (χ1v) is 16.6. The monoisotopic (exact) mass is 632 g/mol. The zero-order valence-electron chi connectivity index (χ0n) is 24.7. The number of hydrogen-bond acceptors (Lipinski definition) is 8. The van der Waals surface area contributed by atoms with Gasteiger partial charge >= 0.3 is 6.03 Å². The van der Waals surface area contributed by atoms with Crippen molar-refractivity contribution in [3.63, 3.8) is 0 Å². The van der Waals surface area contributed by atoms with Crippen molar-refractivity contribution < 1.29 is 22.3 Å². The number of halogens is 1. The molecule has 2 fully saturated rings. The lowest BCUT2D eigenvalue weighted by Crippen LogP contribution is -2.47. The Labute approximate surface area is 260 Å². The van der Waals surface area contributed by atoms with Crippen LogP contribution in [0.3, 0.4) is 0 Å². The van der Waals surface area contributed by atoms with E-state index in [1.54, 1.807) is 12.1 Å². The summed E-state index contributed by atoms with van der Waals surface area (Å²) in [5, 5.41) is 10.3. The second-order valence-electron chi connectivity index (χ2n) is 11.6. The first-order valence-electron chi connectivity index (χ1n) is 14.8. The van der Waals surface area contributed by atoms with Gasteiger partial charge in [-0.2, -0.15) is 4.31 Å². The lowest BCUT2D eigenvalue weighted by atomic mass is 10.2. The molecule has 0 aliphatic carbocycles. The molecule has 7 rings (SSSR count). The average molecular weight is 633 g/mol. The summed E-state index contributed by atoms with van der Waals surface area (Å²) in [5.41, 5.74) is 3.80. The predicted molar refractivity (Wildman–Crippen MR) is 169 cm³/mol. The lowest BCUT2D eigenvalue weighted by molar-refractivity contribution is 0.125. The third kappa shape index (κ3) is 6.48. The number of rotatable bonds is 7. The number of amides is 2. The number of carbonyl (C=O) groups excluding carboxylic acids is 1. The molecule has 2 N–H and O–H groups in total. The highest BCUT2D eigenvalue weighted by atomic mass is 32.2. The van der Waals surface area contributed by atoms with Crippen molar-refractivity contribution in [2.75, 3.05) is 61.1 Å². The molecular formula is C31H33FN8O4S. The normalized spacial score (nSPS) is 18.9. The second-order valence-corrected chi connectivity index (χ2v) is 13.5. The Hall–Kier alpha value is -4.53. The number of fused-ring (bicyclic) bond motifs is 3. The molecule has 0 saturated carbocycles. The van der Waals surface area contributed by atoms with Crippen LogP contribution in [0.4, 0.5) is 26.4 Å². The van der Waals surface area contributed by atoms with Crippen LogP contribution in [0, 0.1) is 5.82 Å². The fraction of sp³-hybridized carbons (Fsp3) is 0.323. The van der Waals surface area contributed by atoms with Crippen LogP contribution in [0.2, 0.25) is 0 Å². The minimum atomic E-state index is -3.19. The zero-order valence-corrected chi connectivity index (χ0v) is 25.5. The standard InChI is InChI=1S/C31H33FN8O4S/c1-45(42,43)39-14-12-37(13-15-39)17-21-16-28-30(38-19-26-10-11-27(20-38)44-26)35-29(36-40(28)18-21)22-2-6-24(7-3-22)33-31(41)34-25-8-4-23(32)5-9-25/h2-10,16,18,27H,11-15,17,19-20H2,1H3,(H2,33,34,41). The summed E-state index contributed by atoms with van der Waals surface area (Å²) in [7, 11) is -3.19. The van der Waals surface area contributed by atoms with Crippen molar-refractivity contribution in [1.29, 1.82) is 0 Å². The van der Waals surface area contributed by atoms with Crippen LogP contribution >= 0.6 is 0 Å². The Morgan fingerprint density at radius 3 is 2.38 bits per heavy atom. The van der Waals surface area contributed by atoms with E-state index >= 15 is 0 Å². The molecule has 3 aliphatic heterocycles. The molecule has 2 amide bonds. The number of hydrogen-bond donors (Lipinski definition) is 2. The van der Waals surface area contributed by atoms with Gasteiger partial charge in [-0.1, -0.05) is 0 Å². The zero-order chi connectivity index (χ0) is 31.1. The molecule has 3 aliphatic rings. The molecule has 45 heavy (non-hydrogen) atoms. The van der Waals surface area contributed by atoms with Crippen molar-refractivity contribution in [3.8, 4) is 11.4 Å². The van der Waals surface area contributed by atoms with Gasteiger partial charge in [0, 0.05) is 62.3 Å². The number of nitrogens with one attached hydrogen (secondary N) is 2. The van der Waals surface area contributed by atoms with E-state index in [4.69, 9.17) is 14.8 Å². The molecule has 2 aromatic carbocycles. The summed E-state index contributed by atoms with van der Waals surface area (Å²) in [6.45, 7) is 4.28. The first-order chi connectivity index (χ1) is 21.7. The maximum atomic E-state index is 13.2. The van der Waals surface area contributed by atoms with Gasteiger partial charge in [-0.05, 0) is 66.2 Å². The summed E-state index contributed by atoms with van der Waals surface area (Å²) < 4.78 is 46.4. The smallest absolute Gasteiger partial charge is 0.323 e. The Bertz CT molecular complexity index is 1870. The fourth-order valence-corrected chi connectivity index (χ4v) is 6.76.